The van der Waals surface area contributed by atoms with Crippen LogP contribution in [0.25, 0.3) is 0 Å². The van der Waals surface area contributed by atoms with Gasteiger partial charge in [-0.2, -0.15) is 0 Å². The zero-order valence-electron chi connectivity index (χ0n) is 10.9. The first kappa shape index (κ1) is 13.5. The van der Waals surface area contributed by atoms with Crippen LogP contribution in [0.4, 0.5) is 0 Å². The molecule has 1 aliphatic heterocycles. The van der Waals surface area contributed by atoms with E-state index >= 15 is 0 Å². The van der Waals surface area contributed by atoms with Crippen molar-refractivity contribution in [3.63, 3.8) is 0 Å². The number of nitrogens with one attached hydrogen (secondary N) is 2. The van der Waals surface area contributed by atoms with E-state index in [0.29, 0.717) is 12.0 Å². The number of amides is 1. The van der Waals surface area contributed by atoms with Gasteiger partial charge in [-0.3, -0.25) is 4.79 Å². The quantitative estimate of drug-likeness (QED) is 0.732. The van der Waals surface area contributed by atoms with Crippen molar-refractivity contribution in [2.24, 2.45) is 5.92 Å². The van der Waals surface area contributed by atoms with E-state index < -0.39 is 0 Å². The summed E-state index contributed by atoms with van der Waals surface area (Å²) in [4.78, 5) is 13.9. The van der Waals surface area contributed by atoms with Crippen LogP contribution in [0.3, 0.4) is 0 Å². The topological polar surface area (TPSA) is 44.4 Å². The summed E-state index contributed by atoms with van der Waals surface area (Å²) in [6, 6.07) is 0.415. The van der Waals surface area contributed by atoms with Crippen LogP contribution in [0.1, 0.15) is 27.2 Å². The van der Waals surface area contributed by atoms with E-state index in [1.165, 1.54) is 0 Å². The van der Waals surface area contributed by atoms with Crippen LogP contribution in [0.15, 0.2) is 0 Å². The van der Waals surface area contributed by atoms with Crippen LogP contribution >= 0.6 is 0 Å². The van der Waals surface area contributed by atoms with Gasteiger partial charge < -0.3 is 15.5 Å². The number of hydrogen-bond acceptors (Lipinski definition) is 3. The van der Waals surface area contributed by atoms with E-state index in [9.17, 15) is 4.79 Å². The number of hydrogen-bond donors (Lipinski definition) is 2. The molecule has 1 aliphatic rings. The third-order valence-corrected chi connectivity index (χ3v) is 3.06. The lowest BCUT2D eigenvalue weighted by molar-refractivity contribution is -0.132. The largest absolute Gasteiger partial charge is 0.344 e. The van der Waals surface area contributed by atoms with Crippen molar-refractivity contribution in [1.29, 1.82) is 0 Å². The molecule has 0 aliphatic carbocycles. The summed E-state index contributed by atoms with van der Waals surface area (Å²) in [5, 5.41) is 6.61. The summed E-state index contributed by atoms with van der Waals surface area (Å²) < 4.78 is 0. The Morgan fingerprint density at radius 1 is 1.38 bits per heavy atom. The van der Waals surface area contributed by atoms with E-state index in [2.05, 4.69) is 31.4 Å². The first-order valence-electron chi connectivity index (χ1n) is 6.22. The molecule has 0 aromatic carbocycles. The van der Waals surface area contributed by atoms with Gasteiger partial charge in [-0.25, -0.2) is 0 Å². The van der Waals surface area contributed by atoms with Crippen molar-refractivity contribution in [3.8, 4) is 0 Å². The maximum atomic E-state index is 12.0. The molecule has 0 aromatic rings. The molecule has 4 heteroatoms. The van der Waals surface area contributed by atoms with Crippen LogP contribution in [-0.4, -0.2) is 49.6 Å². The Labute approximate surface area is 98.8 Å². The molecule has 2 N–H and O–H groups in total. The number of carbonyl (C=O) groups excluding carboxylic acids is 1. The summed E-state index contributed by atoms with van der Waals surface area (Å²) >= 11 is 0. The van der Waals surface area contributed by atoms with Gasteiger partial charge >= 0.3 is 0 Å². The Hall–Kier alpha value is -0.610. The number of nitrogens with zero attached hydrogens (tertiary/aromatic N) is 1. The second-order valence-electron chi connectivity index (χ2n) is 5.21. The minimum atomic E-state index is -0.0478. The molecule has 2 atom stereocenters. The average molecular weight is 227 g/mol. The normalized spacial score (nSPS) is 25.8. The molecule has 0 aromatic heterocycles. The third kappa shape index (κ3) is 4.10. The van der Waals surface area contributed by atoms with Gasteiger partial charge in [0.15, 0.2) is 0 Å². The molecule has 0 spiro atoms. The molecular weight excluding hydrogens is 202 g/mol. The van der Waals surface area contributed by atoms with Gasteiger partial charge in [0.1, 0.15) is 0 Å². The number of likely N-dealkylation sites (N-methyl/N-ethyl adjacent to an activating group) is 1. The highest BCUT2D eigenvalue weighted by atomic mass is 16.2. The van der Waals surface area contributed by atoms with Gasteiger partial charge in [0.25, 0.3) is 0 Å². The maximum Gasteiger partial charge on any atom is 0.240 e. The van der Waals surface area contributed by atoms with E-state index in [0.717, 1.165) is 26.1 Å². The average Bonchev–Trinajstić information content (AvgIpc) is 2.26. The standard InChI is InChI=1S/C12H25N3O/c1-9(2)5-6-15(4)12(16)11-8-13-10(3)7-14-11/h9-11,13-14H,5-8H2,1-4H3. The van der Waals surface area contributed by atoms with Gasteiger partial charge in [0.2, 0.25) is 5.91 Å². The summed E-state index contributed by atoms with van der Waals surface area (Å²) in [6.07, 6.45) is 1.07. The lowest BCUT2D eigenvalue weighted by Gasteiger charge is -2.31. The highest BCUT2D eigenvalue weighted by molar-refractivity contribution is 5.82. The molecular formula is C12H25N3O. The first-order chi connectivity index (χ1) is 7.50. The second-order valence-corrected chi connectivity index (χ2v) is 5.21. The molecule has 1 saturated heterocycles. The molecule has 2 unspecified atom stereocenters. The van der Waals surface area contributed by atoms with Crippen LogP contribution in [0.5, 0.6) is 0 Å². The number of carbonyl (C=O) groups is 1. The Balaban J connectivity index is 2.32. The number of piperazine rings is 1. The summed E-state index contributed by atoms with van der Waals surface area (Å²) in [5.74, 6) is 0.854. The molecule has 1 rings (SSSR count). The molecule has 4 nitrogen and oxygen atoms in total. The van der Waals surface area contributed by atoms with Crippen LogP contribution < -0.4 is 10.6 Å². The van der Waals surface area contributed by atoms with E-state index in [-0.39, 0.29) is 11.9 Å². The fourth-order valence-corrected chi connectivity index (χ4v) is 1.79. The maximum absolute atomic E-state index is 12.0. The lowest BCUT2D eigenvalue weighted by Crippen LogP contribution is -2.59. The van der Waals surface area contributed by atoms with Crippen molar-refractivity contribution < 1.29 is 4.79 Å². The van der Waals surface area contributed by atoms with E-state index in [4.69, 9.17) is 0 Å². The fraction of sp³-hybridized carbons (Fsp3) is 0.917. The monoisotopic (exact) mass is 227 g/mol. The molecule has 0 bridgehead atoms. The Morgan fingerprint density at radius 3 is 2.56 bits per heavy atom. The first-order valence-corrected chi connectivity index (χ1v) is 6.22. The summed E-state index contributed by atoms with van der Waals surface area (Å²) in [7, 11) is 1.89. The van der Waals surface area contributed by atoms with Crippen LogP contribution in [0.2, 0.25) is 0 Å². The predicted octanol–water partition coefficient (Wildman–Crippen LogP) is 0.441. The Morgan fingerprint density at radius 2 is 2.06 bits per heavy atom. The highest BCUT2D eigenvalue weighted by Crippen LogP contribution is 2.03. The van der Waals surface area contributed by atoms with E-state index in [1.807, 2.05) is 11.9 Å². The van der Waals surface area contributed by atoms with Gasteiger partial charge in [0.05, 0.1) is 6.04 Å². The minimum Gasteiger partial charge on any atom is -0.344 e. The van der Waals surface area contributed by atoms with Crippen LogP contribution in [-0.2, 0) is 4.79 Å². The van der Waals surface area contributed by atoms with Crippen LogP contribution in [0, 0.1) is 5.92 Å². The predicted molar refractivity (Wildman–Crippen MR) is 66.3 cm³/mol. The van der Waals surface area contributed by atoms with Gasteiger partial charge in [-0.05, 0) is 19.3 Å². The molecule has 0 radical (unpaired) electrons. The highest BCUT2D eigenvalue weighted by Gasteiger charge is 2.25. The van der Waals surface area contributed by atoms with Crippen molar-refractivity contribution in [1.82, 2.24) is 15.5 Å². The summed E-state index contributed by atoms with van der Waals surface area (Å²) in [5.41, 5.74) is 0. The molecule has 1 amide bonds. The molecule has 94 valence electrons. The minimum absolute atomic E-state index is 0.0478. The SMILES string of the molecule is CC(C)CCN(C)C(=O)C1CNC(C)CN1. The zero-order valence-corrected chi connectivity index (χ0v) is 10.9. The second kappa shape index (κ2) is 6.21. The smallest absolute Gasteiger partial charge is 0.240 e. The van der Waals surface area contributed by atoms with Crippen molar-refractivity contribution >= 4 is 5.91 Å². The molecule has 0 saturated carbocycles. The lowest BCUT2D eigenvalue weighted by atomic mass is 10.1. The fourth-order valence-electron chi connectivity index (χ4n) is 1.79. The van der Waals surface area contributed by atoms with Crippen molar-refractivity contribution in [3.05, 3.63) is 0 Å². The van der Waals surface area contributed by atoms with Crippen molar-refractivity contribution in [2.75, 3.05) is 26.7 Å². The third-order valence-electron chi connectivity index (χ3n) is 3.06. The van der Waals surface area contributed by atoms with E-state index in [1.54, 1.807) is 0 Å². The van der Waals surface area contributed by atoms with Gasteiger partial charge in [-0.1, -0.05) is 13.8 Å². The van der Waals surface area contributed by atoms with Crippen molar-refractivity contribution in [2.45, 2.75) is 39.3 Å². The van der Waals surface area contributed by atoms with Gasteiger partial charge in [-0.15, -0.1) is 0 Å². The number of rotatable bonds is 4. The molecule has 1 heterocycles. The van der Waals surface area contributed by atoms with Gasteiger partial charge in [0, 0.05) is 32.7 Å². The zero-order chi connectivity index (χ0) is 12.1. The Kier molecular flexibility index (Phi) is 5.22. The summed E-state index contributed by atoms with van der Waals surface area (Å²) in [6.45, 7) is 8.95. The molecule has 16 heavy (non-hydrogen) atoms. The molecule has 1 fully saturated rings. The Bertz CT molecular complexity index is 222.